The summed E-state index contributed by atoms with van der Waals surface area (Å²) in [7, 11) is 3.07. The molecule has 0 bridgehead atoms. The SMILES string of the molecule is COC(OC)c1ccc(C(=O)N2CCC[C@@H]2C(=O)N[C@H](C)C(=O)NN)cc1. The van der Waals surface area contributed by atoms with Crippen molar-refractivity contribution in [2.24, 2.45) is 5.84 Å². The molecule has 1 heterocycles. The van der Waals surface area contributed by atoms with Gasteiger partial charge in [-0.15, -0.1) is 0 Å². The highest BCUT2D eigenvalue weighted by Crippen LogP contribution is 2.22. The van der Waals surface area contributed by atoms with Crippen LogP contribution < -0.4 is 16.6 Å². The standard InChI is InChI=1S/C18H26N4O5/c1-11(15(23)21-19)20-16(24)14-5-4-10-22(14)17(25)12-6-8-13(9-7-12)18(26-2)27-3/h6-9,11,14,18H,4-5,10,19H2,1-3H3,(H,20,24)(H,21,23)/t11-,14-/m1/s1. The molecule has 0 radical (unpaired) electrons. The van der Waals surface area contributed by atoms with Crippen molar-refractivity contribution in [3.63, 3.8) is 0 Å². The van der Waals surface area contributed by atoms with Crippen LogP contribution in [0.5, 0.6) is 0 Å². The van der Waals surface area contributed by atoms with Gasteiger partial charge in [0.1, 0.15) is 12.1 Å². The lowest BCUT2D eigenvalue weighted by Gasteiger charge is -2.25. The van der Waals surface area contributed by atoms with Gasteiger partial charge in [0, 0.05) is 31.9 Å². The first kappa shape index (κ1) is 20.8. The zero-order valence-electron chi connectivity index (χ0n) is 15.7. The van der Waals surface area contributed by atoms with Crippen LogP contribution in [-0.2, 0) is 19.1 Å². The van der Waals surface area contributed by atoms with E-state index in [0.29, 0.717) is 18.5 Å². The summed E-state index contributed by atoms with van der Waals surface area (Å²) in [5.74, 6) is 3.97. The Morgan fingerprint density at radius 2 is 1.81 bits per heavy atom. The van der Waals surface area contributed by atoms with Crippen molar-refractivity contribution in [3.05, 3.63) is 35.4 Å². The predicted molar refractivity (Wildman–Crippen MR) is 97.2 cm³/mol. The third kappa shape index (κ3) is 4.82. The first-order chi connectivity index (χ1) is 12.9. The number of nitrogens with one attached hydrogen (secondary N) is 2. The molecule has 0 aromatic heterocycles. The highest BCUT2D eigenvalue weighted by molar-refractivity contribution is 5.98. The topological polar surface area (TPSA) is 123 Å². The largest absolute Gasteiger partial charge is 0.352 e. The normalized spacial score (nSPS) is 17.7. The Kier molecular flexibility index (Phi) is 7.28. The van der Waals surface area contributed by atoms with Crippen LogP contribution in [0.1, 0.15) is 42.0 Å². The zero-order valence-corrected chi connectivity index (χ0v) is 15.7. The number of methoxy groups -OCH3 is 2. The molecule has 1 aliphatic rings. The molecule has 1 aromatic rings. The molecule has 27 heavy (non-hydrogen) atoms. The van der Waals surface area contributed by atoms with Crippen molar-refractivity contribution in [1.29, 1.82) is 0 Å². The Labute approximate surface area is 158 Å². The number of amides is 3. The number of carbonyl (C=O) groups excluding carboxylic acids is 3. The highest BCUT2D eigenvalue weighted by atomic mass is 16.7. The maximum absolute atomic E-state index is 12.8. The maximum Gasteiger partial charge on any atom is 0.256 e. The zero-order chi connectivity index (χ0) is 20.0. The maximum atomic E-state index is 12.8. The van der Waals surface area contributed by atoms with E-state index in [2.05, 4.69) is 5.32 Å². The Bertz CT molecular complexity index is 675. The minimum atomic E-state index is -0.778. The van der Waals surface area contributed by atoms with Crippen LogP contribution in [0.2, 0.25) is 0 Å². The van der Waals surface area contributed by atoms with Crippen LogP contribution >= 0.6 is 0 Å². The number of nitrogens with two attached hydrogens (primary N) is 1. The van der Waals surface area contributed by atoms with Gasteiger partial charge in [-0.3, -0.25) is 19.8 Å². The van der Waals surface area contributed by atoms with Gasteiger partial charge in [-0.1, -0.05) is 12.1 Å². The van der Waals surface area contributed by atoms with Crippen molar-refractivity contribution >= 4 is 17.7 Å². The second-order valence-electron chi connectivity index (χ2n) is 6.32. The number of rotatable bonds is 7. The summed E-state index contributed by atoms with van der Waals surface area (Å²) in [5.41, 5.74) is 3.25. The van der Waals surface area contributed by atoms with E-state index in [1.165, 1.54) is 26.0 Å². The van der Waals surface area contributed by atoms with Crippen LogP contribution in [0.15, 0.2) is 24.3 Å². The van der Waals surface area contributed by atoms with Gasteiger partial charge in [-0.25, -0.2) is 5.84 Å². The molecule has 4 N–H and O–H groups in total. The van der Waals surface area contributed by atoms with Crippen molar-refractivity contribution in [2.45, 2.75) is 38.1 Å². The summed E-state index contributed by atoms with van der Waals surface area (Å²) in [4.78, 5) is 38.3. The van der Waals surface area contributed by atoms with Gasteiger partial charge in [-0.05, 0) is 31.9 Å². The molecule has 148 valence electrons. The number of hydrogen-bond donors (Lipinski definition) is 3. The second kappa shape index (κ2) is 9.45. The van der Waals surface area contributed by atoms with Crippen LogP contribution in [-0.4, -0.2) is 55.5 Å². The number of likely N-dealkylation sites (tertiary alicyclic amines) is 1. The number of ether oxygens (including phenoxy) is 2. The summed E-state index contributed by atoms with van der Waals surface area (Å²) < 4.78 is 10.4. The van der Waals surface area contributed by atoms with Gasteiger partial charge in [0.05, 0.1) is 0 Å². The number of nitrogens with zero attached hydrogens (tertiary/aromatic N) is 1. The Balaban J connectivity index is 2.08. The van der Waals surface area contributed by atoms with E-state index < -0.39 is 24.3 Å². The van der Waals surface area contributed by atoms with Crippen LogP contribution in [0, 0.1) is 0 Å². The van der Waals surface area contributed by atoms with Gasteiger partial charge in [0.25, 0.3) is 11.8 Å². The fourth-order valence-corrected chi connectivity index (χ4v) is 3.10. The summed E-state index contributed by atoms with van der Waals surface area (Å²) in [6.07, 6.45) is 0.756. The summed E-state index contributed by atoms with van der Waals surface area (Å²) >= 11 is 0. The lowest BCUT2D eigenvalue weighted by atomic mass is 10.1. The van der Waals surface area contributed by atoms with E-state index in [1.807, 2.05) is 5.43 Å². The molecule has 0 spiro atoms. The molecular formula is C18H26N4O5. The van der Waals surface area contributed by atoms with Gasteiger partial charge in [0.2, 0.25) is 5.91 Å². The second-order valence-corrected chi connectivity index (χ2v) is 6.32. The summed E-state index contributed by atoms with van der Waals surface area (Å²) in [5, 5.41) is 2.59. The third-order valence-corrected chi connectivity index (χ3v) is 4.57. The molecule has 2 rings (SSSR count). The molecule has 1 fully saturated rings. The fourth-order valence-electron chi connectivity index (χ4n) is 3.10. The quantitative estimate of drug-likeness (QED) is 0.267. The molecule has 9 heteroatoms. The molecular weight excluding hydrogens is 352 g/mol. The highest BCUT2D eigenvalue weighted by Gasteiger charge is 2.35. The monoisotopic (exact) mass is 378 g/mol. The van der Waals surface area contributed by atoms with Gasteiger partial charge in [-0.2, -0.15) is 0 Å². The first-order valence-corrected chi connectivity index (χ1v) is 8.70. The van der Waals surface area contributed by atoms with Crippen LogP contribution in [0.3, 0.4) is 0 Å². The molecule has 1 saturated heterocycles. The molecule has 0 unspecified atom stereocenters. The van der Waals surface area contributed by atoms with Crippen LogP contribution in [0.4, 0.5) is 0 Å². The lowest BCUT2D eigenvalue weighted by molar-refractivity contribution is -0.130. The van der Waals surface area contributed by atoms with E-state index >= 15 is 0 Å². The van der Waals surface area contributed by atoms with Gasteiger partial charge < -0.3 is 19.7 Å². The summed E-state index contributed by atoms with van der Waals surface area (Å²) in [6.45, 7) is 2.01. The van der Waals surface area contributed by atoms with Crippen molar-refractivity contribution in [2.75, 3.05) is 20.8 Å². The number of hydrazine groups is 1. The van der Waals surface area contributed by atoms with Gasteiger partial charge in [0.15, 0.2) is 6.29 Å². The third-order valence-electron chi connectivity index (χ3n) is 4.57. The average molecular weight is 378 g/mol. The minimum absolute atomic E-state index is 0.235. The smallest absolute Gasteiger partial charge is 0.256 e. The van der Waals surface area contributed by atoms with Gasteiger partial charge >= 0.3 is 0 Å². The van der Waals surface area contributed by atoms with Crippen molar-refractivity contribution in [3.8, 4) is 0 Å². The number of carbonyl (C=O) groups is 3. The molecule has 1 aromatic carbocycles. The first-order valence-electron chi connectivity index (χ1n) is 8.70. The Morgan fingerprint density at radius 3 is 2.37 bits per heavy atom. The average Bonchev–Trinajstić information content (AvgIpc) is 3.18. The molecule has 2 atom stereocenters. The van der Waals surface area contributed by atoms with E-state index in [-0.39, 0.29) is 11.8 Å². The molecule has 0 aliphatic carbocycles. The van der Waals surface area contributed by atoms with Crippen molar-refractivity contribution < 1.29 is 23.9 Å². The Hall–Kier alpha value is -2.49. The number of benzene rings is 1. The van der Waals surface area contributed by atoms with E-state index in [9.17, 15) is 14.4 Å². The fraction of sp³-hybridized carbons (Fsp3) is 0.500. The molecule has 0 saturated carbocycles. The Morgan fingerprint density at radius 1 is 1.19 bits per heavy atom. The van der Waals surface area contributed by atoms with E-state index in [4.69, 9.17) is 15.3 Å². The minimum Gasteiger partial charge on any atom is -0.352 e. The molecule has 9 nitrogen and oxygen atoms in total. The molecule has 1 aliphatic heterocycles. The molecule has 3 amide bonds. The van der Waals surface area contributed by atoms with Crippen molar-refractivity contribution in [1.82, 2.24) is 15.6 Å². The predicted octanol–water partition coefficient (Wildman–Crippen LogP) is 0.0772. The number of hydrogen-bond acceptors (Lipinski definition) is 6. The van der Waals surface area contributed by atoms with Crippen LogP contribution in [0.25, 0.3) is 0 Å². The van der Waals surface area contributed by atoms with E-state index in [1.54, 1.807) is 24.3 Å². The summed E-state index contributed by atoms with van der Waals surface area (Å²) in [6, 6.07) is 5.48. The lowest BCUT2D eigenvalue weighted by Crippen LogP contribution is -2.53. The van der Waals surface area contributed by atoms with E-state index in [0.717, 1.165) is 12.0 Å².